The molecule has 0 unspecified atom stereocenters. The average molecular weight is 423 g/mol. The van der Waals surface area contributed by atoms with E-state index in [4.69, 9.17) is 0 Å². The lowest BCUT2D eigenvalue weighted by molar-refractivity contribution is -0.156. The number of hydrogen-bond donors (Lipinski definition) is 3. The molecule has 3 amide bonds. The topological polar surface area (TPSA) is 171 Å². The maximum Gasteiger partial charge on any atom is 0.408 e. The molecule has 0 bridgehead atoms. The molecule has 13 nitrogen and oxygen atoms in total. The minimum absolute atomic E-state index is 0.0821. The molecule has 2 fully saturated rings. The van der Waals surface area contributed by atoms with Crippen LogP contribution in [0.2, 0.25) is 0 Å². The zero-order valence-electron chi connectivity index (χ0n) is 15.2. The molecule has 29 heavy (non-hydrogen) atoms. The predicted octanol–water partition coefficient (Wildman–Crippen LogP) is -1.56. The summed E-state index contributed by atoms with van der Waals surface area (Å²) in [5.74, 6) is -1.99. The molecule has 3 atom stereocenters. The molecular formula is C15H17N7O6S. The van der Waals surface area contributed by atoms with Crippen LogP contribution in [-0.4, -0.2) is 95.5 Å². The first-order chi connectivity index (χ1) is 13.8. The van der Waals surface area contributed by atoms with Gasteiger partial charge in [-0.2, -0.15) is 0 Å². The van der Waals surface area contributed by atoms with Crippen molar-refractivity contribution in [3.8, 4) is 0 Å². The molecule has 1 aromatic rings. The van der Waals surface area contributed by atoms with Gasteiger partial charge >= 0.3 is 12.1 Å². The first-order valence-corrected chi connectivity index (χ1v) is 9.69. The van der Waals surface area contributed by atoms with Crippen LogP contribution >= 0.6 is 11.8 Å². The summed E-state index contributed by atoms with van der Waals surface area (Å²) < 4.78 is 1.29. The molecule has 0 spiro atoms. The summed E-state index contributed by atoms with van der Waals surface area (Å²) >= 11 is 1.15. The number of carbonyl (C=O) groups is 4. The lowest BCUT2D eigenvalue weighted by Crippen LogP contribution is -2.69. The van der Waals surface area contributed by atoms with E-state index in [-0.39, 0.29) is 36.4 Å². The zero-order valence-corrected chi connectivity index (χ0v) is 16.0. The quantitative estimate of drug-likeness (QED) is 0.359. The van der Waals surface area contributed by atoms with Crippen LogP contribution in [0.5, 0.6) is 0 Å². The van der Waals surface area contributed by atoms with Gasteiger partial charge in [0.1, 0.15) is 18.3 Å². The van der Waals surface area contributed by atoms with Gasteiger partial charge in [0.05, 0.1) is 6.04 Å². The van der Waals surface area contributed by atoms with Crippen molar-refractivity contribution in [3.05, 3.63) is 11.3 Å². The fourth-order valence-electron chi connectivity index (χ4n) is 4.13. The molecule has 0 aliphatic carbocycles. The van der Waals surface area contributed by atoms with Crippen molar-refractivity contribution in [1.29, 1.82) is 0 Å². The third kappa shape index (κ3) is 2.99. The molecule has 1 aromatic heterocycles. The van der Waals surface area contributed by atoms with E-state index < -0.39 is 30.1 Å². The Morgan fingerprint density at radius 2 is 2.07 bits per heavy atom. The summed E-state index contributed by atoms with van der Waals surface area (Å²) in [5.41, 5.74) is 0.412. The standard InChI is InChI=1S/C15H17N7O6S/c1-16-8(23)4-21-14(17-18-19-21)29-5-7-2-6-3-20(15(27)28)11-9(6)22(12(11)24)10(7)13(25)26/h6,9,11H,2-5H2,1H3,(H,16,23)(H,25,26)(H,27,28)/t6-,9-,11+/m1/s1. The fraction of sp³-hybridized carbons (Fsp3) is 0.533. The molecule has 3 aliphatic heterocycles. The number of likely N-dealkylation sites (tertiary alicyclic amines) is 1. The van der Waals surface area contributed by atoms with Gasteiger partial charge in [-0.1, -0.05) is 11.8 Å². The number of carboxylic acid groups (broad SMARTS) is 2. The van der Waals surface area contributed by atoms with Gasteiger partial charge in [0.2, 0.25) is 11.1 Å². The van der Waals surface area contributed by atoms with E-state index in [9.17, 15) is 29.4 Å². The van der Waals surface area contributed by atoms with Crippen molar-refractivity contribution in [2.45, 2.75) is 30.2 Å². The highest BCUT2D eigenvalue weighted by Gasteiger charge is 2.64. The number of aliphatic carboxylic acids is 1. The van der Waals surface area contributed by atoms with E-state index in [1.54, 1.807) is 0 Å². The number of aromatic nitrogens is 4. The molecule has 3 aliphatic rings. The number of rotatable bonds is 6. The van der Waals surface area contributed by atoms with Crippen molar-refractivity contribution in [2.24, 2.45) is 5.92 Å². The highest BCUT2D eigenvalue weighted by atomic mass is 32.2. The summed E-state index contributed by atoms with van der Waals surface area (Å²) in [5, 5.41) is 32.9. The Morgan fingerprint density at radius 3 is 2.72 bits per heavy atom. The average Bonchev–Trinajstić information content (AvgIpc) is 3.27. The van der Waals surface area contributed by atoms with Gasteiger partial charge in [-0.25, -0.2) is 14.3 Å². The van der Waals surface area contributed by atoms with Crippen LogP contribution in [0.4, 0.5) is 4.79 Å². The number of nitrogens with zero attached hydrogens (tertiary/aromatic N) is 6. The number of carboxylic acids is 1. The van der Waals surface area contributed by atoms with Crippen LogP contribution in [-0.2, 0) is 20.9 Å². The molecule has 3 N–H and O–H groups in total. The van der Waals surface area contributed by atoms with Gasteiger partial charge in [0, 0.05) is 25.3 Å². The highest BCUT2D eigenvalue weighted by Crippen LogP contribution is 2.47. The Morgan fingerprint density at radius 1 is 1.31 bits per heavy atom. The van der Waals surface area contributed by atoms with E-state index in [2.05, 4.69) is 20.8 Å². The van der Waals surface area contributed by atoms with Crippen LogP contribution in [0.3, 0.4) is 0 Å². The van der Waals surface area contributed by atoms with E-state index in [0.29, 0.717) is 17.2 Å². The van der Waals surface area contributed by atoms with Gasteiger partial charge in [-0.05, 0) is 22.4 Å². The minimum Gasteiger partial charge on any atom is -0.477 e. The smallest absolute Gasteiger partial charge is 0.408 e. The second-order valence-electron chi connectivity index (χ2n) is 6.88. The summed E-state index contributed by atoms with van der Waals surface area (Å²) in [4.78, 5) is 49.7. The van der Waals surface area contributed by atoms with Crippen molar-refractivity contribution in [1.82, 2.24) is 35.3 Å². The minimum atomic E-state index is -1.23. The third-order valence-corrected chi connectivity index (χ3v) is 6.38. The second-order valence-corrected chi connectivity index (χ2v) is 7.82. The predicted molar refractivity (Wildman–Crippen MR) is 94.5 cm³/mol. The molecule has 0 radical (unpaired) electrons. The van der Waals surface area contributed by atoms with E-state index in [0.717, 1.165) is 16.7 Å². The largest absolute Gasteiger partial charge is 0.477 e. The van der Waals surface area contributed by atoms with E-state index in [1.165, 1.54) is 16.6 Å². The number of nitrogens with one attached hydrogen (secondary N) is 1. The molecular weight excluding hydrogens is 406 g/mol. The summed E-state index contributed by atoms with van der Waals surface area (Å²) in [7, 11) is 1.49. The number of thioether (sulfide) groups is 1. The summed E-state index contributed by atoms with van der Waals surface area (Å²) in [6.07, 6.45) is -0.820. The van der Waals surface area contributed by atoms with Gasteiger partial charge in [-0.15, -0.1) is 5.10 Å². The molecule has 2 saturated heterocycles. The number of hydrogen-bond acceptors (Lipinski definition) is 8. The van der Waals surface area contributed by atoms with Gasteiger partial charge in [0.25, 0.3) is 5.91 Å². The second kappa shape index (κ2) is 7.02. The lowest BCUT2D eigenvalue weighted by Gasteiger charge is -2.49. The third-order valence-electron chi connectivity index (χ3n) is 5.34. The summed E-state index contributed by atoms with van der Waals surface area (Å²) in [6, 6.07) is -1.24. The Balaban J connectivity index is 1.56. The Hall–Kier alpha value is -3.16. The monoisotopic (exact) mass is 423 g/mol. The van der Waals surface area contributed by atoms with Crippen molar-refractivity contribution < 1.29 is 29.4 Å². The Kier molecular flexibility index (Phi) is 4.64. The summed E-state index contributed by atoms with van der Waals surface area (Å²) in [6.45, 7) is 0.101. The van der Waals surface area contributed by atoms with Crippen molar-refractivity contribution in [2.75, 3.05) is 19.3 Å². The number of carbonyl (C=O) groups excluding carboxylic acids is 2. The van der Waals surface area contributed by atoms with Crippen molar-refractivity contribution in [3.63, 3.8) is 0 Å². The van der Waals surface area contributed by atoms with Crippen LogP contribution in [0.25, 0.3) is 0 Å². The molecule has 4 rings (SSSR count). The molecule has 154 valence electrons. The number of amides is 3. The maximum atomic E-state index is 12.5. The Labute approximate surface area is 167 Å². The fourth-order valence-corrected chi connectivity index (χ4v) is 5.03. The van der Waals surface area contributed by atoms with Crippen molar-refractivity contribution >= 4 is 35.6 Å². The Bertz CT molecular complexity index is 945. The van der Waals surface area contributed by atoms with E-state index >= 15 is 0 Å². The molecule has 4 heterocycles. The maximum absolute atomic E-state index is 12.5. The van der Waals surface area contributed by atoms with E-state index in [1.807, 2.05) is 0 Å². The normalized spacial score (nSPS) is 25.0. The molecule has 0 aromatic carbocycles. The number of tetrazole rings is 1. The molecule has 0 saturated carbocycles. The SMILES string of the molecule is CNC(=O)Cn1nnnc1SCC1=C(C(=O)O)N2C(=O)[C@@H]3[C@H]2[C@H](C1)CN3C(=O)O. The van der Waals surface area contributed by atoms with Crippen LogP contribution in [0.15, 0.2) is 16.4 Å². The number of likely N-dealkylation sites (N-methyl/N-ethyl adjacent to an activating group) is 1. The first kappa shape index (κ1) is 19.2. The van der Waals surface area contributed by atoms with Crippen LogP contribution < -0.4 is 5.32 Å². The number of β-lactam (4-membered cyclic amide) rings is 1. The molecule has 14 heteroatoms. The van der Waals surface area contributed by atoms with Crippen LogP contribution in [0.1, 0.15) is 6.42 Å². The van der Waals surface area contributed by atoms with Gasteiger partial charge < -0.3 is 15.5 Å². The van der Waals surface area contributed by atoms with Crippen LogP contribution in [0, 0.1) is 5.92 Å². The first-order valence-electron chi connectivity index (χ1n) is 8.71. The highest BCUT2D eigenvalue weighted by molar-refractivity contribution is 7.99. The zero-order chi connectivity index (χ0) is 20.9. The lowest BCUT2D eigenvalue weighted by atomic mass is 9.79. The van der Waals surface area contributed by atoms with Gasteiger partial charge in [0.15, 0.2) is 0 Å². The van der Waals surface area contributed by atoms with Gasteiger partial charge in [-0.3, -0.25) is 19.4 Å².